The number of piperazine rings is 1. The Bertz CT molecular complexity index is 1750. The zero-order valence-corrected chi connectivity index (χ0v) is 27.7. The van der Waals surface area contributed by atoms with E-state index in [1.54, 1.807) is 0 Å². The van der Waals surface area contributed by atoms with E-state index in [1.807, 2.05) is 6.07 Å². The molecule has 8 rings (SSSR count). The van der Waals surface area contributed by atoms with Crippen molar-refractivity contribution in [1.29, 1.82) is 0 Å². The molecule has 4 aromatic rings. The van der Waals surface area contributed by atoms with Crippen LogP contribution in [0.4, 0.5) is 15.8 Å². The molecule has 0 spiro atoms. The summed E-state index contributed by atoms with van der Waals surface area (Å²) in [5.74, 6) is 1.11. The van der Waals surface area contributed by atoms with Crippen LogP contribution in [-0.4, -0.2) is 50.7 Å². The second-order valence-electron chi connectivity index (χ2n) is 14.3. The number of hydrogen-bond donors (Lipinski definition) is 1. The molecule has 4 nitrogen and oxygen atoms in total. The van der Waals surface area contributed by atoms with Gasteiger partial charge in [0.1, 0.15) is 5.82 Å². The molecule has 47 heavy (non-hydrogen) atoms. The van der Waals surface area contributed by atoms with Crippen LogP contribution in [0.2, 0.25) is 0 Å². The molecular formula is C42H47FN4. The summed E-state index contributed by atoms with van der Waals surface area (Å²) in [7, 11) is 0. The Labute approximate surface area is 279 Å². The van der Waals surface area contributed by atoms with Crippen LogP contribution in [0.25, 0.3) is 5.70 Å². The van der Waals surface area contributed by atoms with Gasteiger partial charge in [-0.3, -0.25) is 4.90 Å². The fourth-order valence-electron chi connectivity index (χ4n) is 8.82. The minimum Gasteiger partial charge on any atom is -0.381 e. The summed E-state index contributed by atoms with van der Waals surface area (Å²) in [6.07, 6.45) is 4.39. The third-order valence-electron chi connectivity index (χ3n) is 11.4. The minimum atomic E-state index is -0.0743. The summed E-state index contributed by atoms with van der Waals surface area (Å²) >= 11 is 0. The van der Waals surface area contributed by atoms with Gasteiger partial charge in [0, 0.05) is 75.2 Å². The van der Waals surface area contributed by atoms with Gasteiger partial charge in [0.15, 0.2) is 0 Å². The maximum atomic E-state index is 16.0. The van der Waals surface area contributed by atoms with Gasteiger partial charge in [-0.15, -0.1) is 0 Å². The molecule has 3 aliphatic heterocycles. The second kappa shape index (κ2) is 12.8. The van der Waals surface area contributed by atoms with Crippen LogP contribution in [0.5, 0.6) is 0 Å². The largest absolute Gasteiger partial charge is 0.381 e. The van der Waals surface area contributed by atoms with Gasteiger partial charge in [0.05, 0.1) is 5.69 Å². The van der Waals surface area contributed by atoms with E-state index >= 15 is 4.39 Å². The molecule has 0 aromatic heterocycles. The number of halogens is 1. The first-order valence-electron chi connectivity index (χ1n) is 17.7. The normalized spacial score (nSPS) is 21.8. The van der Waals surface area contributed by atoms with Crippen LogP contribution in [0.3, 0.4) is 0 Å². The van der Waals surface area contributed by atoms with Crippen LogP contribution < -0.4 is 15.1 Å². The maximum absolute atomic E-state index is 16.0. The molecule has 2 atom stereocenters. The van der Waals surface area contributed by atoms with Crippen molar-refractivity contribution < 1.29 is 4.39 Å². The topological polar surface area (TPSA) is 21.8 Å². The highest BCUT2D eigenvalue weighted by atomic mass is 19.1. The fourth-order valence-corrected chi connectivity index (χ4v) is 8.82. The van der Waals surface area contributed by atoms with E-state index in [0.29, 0.717) is 11.8 Å². The first kappa shape index (κ1) is 30.3. The Morgan fingerprint density at radius 1 is 0.766 bits per heavy atom. The fraction of sp³-hybridized carbons (Fsp3) is 0.381. The molecule has 0 bridgehead atoms. The second-order valence-corrected chi connectivity index (χ2v) is 14.3. The lowest BCUT2D eigenvalue weighted by Crippen LogP contribution is -2.49. The van der Waals surface area contributed by atoms with Gasteiger partial charge in [0.2, 0.25) is 0 Å². The Morgan fingerprint density at radius 2 is 1.57 bits per heavy atom. The van der Waals surface area contributed by atoms with Gasteiger partial charge >= 0.3 is 0 Å². The summed E-state index contributed by atoms with van der Waals surface area (Å²) in [5, 5.41) is 3.37. The first-order valence-corrected chi connectivity index (χ1v) is 17.7. The lowest BCUT2D eigenvalue weighted by Gasteiger charge is -2.40. The number of aryl methyl sites for hydroxylation is 2. The van der Waals surface area contributed by atoms with Crippen LogP contribution in [0.1, 0.15) is 70.0 Å². The molecule has 0 saturated carbocycles. The number of anilines is 2. The number of hydrogen-bond acceptors (Lipinski definition) is 4. The maximum Gasteiger partial charge on any atom is 0.146 e. The van der Waals surface area contributed by atoms with Gasteiger partial charge in [0.25, 0.3) is 0 Å². The summed E-state index contributed by atoms with van der Waals surface area (Å²) in [4.78, 5) is 7.47. The summed E-state index contributed by atoms with van der Waals surface area (Å²) in [5.41, 5.74) is 12.3. The van der Waals surface area contributed by atoms with Gasteiger partial charge in [-0.1, -0.05) is 72.8 Å². The predicted molar refractivity (Wildman–Crippen MR) is 193 cm³/mol. The molecule has 5 heteroatoms. The van der Waals surface area contributed by atoms with Gasteiger partial charge < -0.3 is 15.1 Å². The zero-order valence-electron chi connectivity index (χ0n) is 27.7. The van der Waals surface area contributed by atoms with Crippen molar-refractivity contribution in [2.75, 3.05) is 55.6 Å². The number of benzene rings is 4. The molecule has 0 amide bonds. The third kappa shape index (κ3) is 6.07. The summed E-state index contributed by atoms with van der Waals surface area (Å²) < 4.78 is 16.0. The first-order chi connectivity index (χ1) is 23.0. The summed E-state index contributed by atoms with van der Waals surface area (Å²) in [6, 6.07) is 30.7. The van der Waals surface area contributed by atoms with Crippen LogP contribution in [-0.2, 0) is 13.0 Å². The van der Waals surface area contributed by atoms with Gasteiger partial charge in [-0.05, 0) is 96.5 Å². The molecule has 1 aliphatic carbocycles. The Morgan fingerprint density at radius 3 is 2.36 bits per heavy atom. The van der Waals surface area contributed by atoms with Crippen molar-refractivity contribution in [3.63, 3.8) is 0 Å². The van der Waals surface area contributed by atoms with Crippen molar-refractivity contribution >= 4 is 17.1 Å². The van der Waals surface area contributed by atoms with E-state index in [2.05, 4.69) is 112 Å². The molecular weight excluding hydrogens is 579 g/mol. The lowest BCUT2D eigenvalue weighted by molar-refractivity contribution is 0.201. The molecule has 242 valence electrons. The quantitative estimate of drug-likeness (QED) is 0.233. The highest BCUT2D eigenvalue weighted by molar-refractivity contribution is 5.71. The van der Waals surface area contributed by atoms with E-state index in [9.17, 15) is 0 Å². The number of rotatable bonds is 6. The smallest absolute Gasteiger partial charge is 0.146 e. The number of nitrogens with zero attached hydrogens (tertiary/aromatic N) is 3. The van der Waals surface area contributed by atoms with E-state index in [0.717, 1.165) is 95.0 Å². The van der Waals surface area contributed by atoms with Gasteiger partial charge in [-0.2, -0.15) is 0 Å². The number of fused-ring (bicyclic) bond motifs is 2. The Hall–Kier alpha value is -4.09. The van der Waals surface area contributed by atoms with E-state index in [4.69, 9.17) is 0 Å². The molecule has 2 fully saturated rings. The van der Waals surface area contributed by atoms with E-state index < -0.39 is 0 Å². The van der Waals surface area contributed by atoms with Crippen LogP contribution >= 0.6 is 0 Å². The monoisotopic (exact) mass is 626 g/mol. The van der Waals surface area contributed by atoms with Crippen molar-refractivity contribution in [2.45, 2.75) is 51.0 Å². The average Bonchev–Trinajstić information content (AvgIpc) is 3.48. The molecule has 1 N–H and O–H groups in total. The zero-order chi connectivity index (χ0) is 31.9. The highest BCUT2D eigenvalue weighted by Crippen LogP contribution is 2.47. The molecule has 4 aliphatic rings. The summed E-state index contributed by atoms with van der Waals surface area (Å²) in [6.45, 7) is 14.5. The van der Waals surface area contributed by atoms with Crippen LogP contribution in [0.15, 0.2) is 91.5 Å². The SMILES string of the molecule is C=C1NCc2cc(N3CCN(CC4CCN(c5ccc(C6c7ccc(C)cc7CCC6c6ccccc6)cc5F)CC4)CC3)ccc21. The minimum absolute atomic E-state index is 0.0743. The van der Waals surface area contributed by atoms with Crippen molar-refractivity contribution in [3.8, 4) is 0 Å². The standard InChI is InChI=1S/C42H47FN4/c1-29-8-12-39-33(24-29)9-13-38(32-6-4-3-5-7-32)42(39)34-10-15-41(40(43)26-34)47-18-16-31(17-19-47)28-45-20-22-46(23-21-45)36-11-14-37-30(2)44-27-35(37)25-36/h3-8,10-12,14-15,24-26,31,38,42,44H,2,9,13,16-23,27-28H2,1H3. The molecule has 3 heterocycles. The van der Waals surface area contributed by atoms with Gasteiger partial charge in [-0.25, -0.2) is 4.39 Å². The number of piperidine rings is 1. The van der Waals surface area contributed by atoms with Crippen molar-refractivity contribution in [1.82, 2.24) is 10.2 Å². The molecule has 2 unspecified atom stereocenters. The predicted octanol–water partition coefficient (Wildman–Crippen LogP) is 8.11. The van der Waals surface area contributed by atoms with E-state index in [1.165, 1.54) is 39.1 Å². The Balaban J connectivity index is 0.898. The van der Waals surface area contributed by atoms with Crippen molar-refractivity contribution in [2.24, 2.45) is 5.92 Å². The average molecular weight is 627 g/mol. The van der Waals surface area contributed by atoms with Crippen LogP contribution in [0, 0.1) is 18.7 Å². The lowest BCUT2D eigenvalue weighted by atomic mass is 9.69. The Kier molecular flexibility index (Phi) is 8.27. The molecule has 4 aromatic carbocycles. The molecule has 0 radical (unpaired) electrons. The molecule has 2 saturated heterocycles. The van der Waals surface area contributed by atoms with E-state index in [-0.39, 0.29) is 11.7 Å². The number of nitrogens with one attached hydrogen (secondary N) is 1. The highest BCUT2D eigenvalue weighted by Gasteiger charge is 2.33. The van der Waals surface area contributed by atoms with Crippen molar-refractivity contribution in [3.05, 3.63) is 136 Å². The third-order valence-corrected chi connectivity index (χ3v) is 11.4.